The van der Waals surface area contributed by atoms with Gasteiger partial charge in [-0.25, -0.2) is 4.79 Å². The maximum Gasteiger partial charge on any atom is 0.349 e. The van der Waals surface area contributed by atoms with Crippen LogP contribution in [0.15, 0.2) is 70.9 Å². The van der Waals surface area contributed by atoms with E-state index in [2.05, 4.69) is 5.32 Å². The van der Waals surface area contributed by atoms with Crippen LogP contribution in [0, 0.1) is 11.3 Å². The first-order valence-corrected chi connectivity index (χ1v) is 11.5. The summed E-state index contributed by atoms with van der Waals surface area (Å²) in [6.45, 7) is 6.10. The molecule has 0 saturated carbocycles. The van der Waals surface area contributed by atoms with E-state index in [0.29, 0.717) is 29.4 Å². The van der Waals surface area contributed by atoms with E-state index >= 15 is 0 Å². The molecule has 8 heteroatoms. The summed E-state index contributed by atoms with van der Waals surface area (Å²) in [5.41, 5.74) is 1.44. The number of hydrogen-bond donors (Lipinski definition) is 1. The summed E-state index contributed by atoms with van der Waals surface area (Å²) in [5.74, 6) is 0.823. The molecule has 1 amide bonds. The van der Waals surface area contributed by atoms with Gasteiger partial charge in [-0.15, -0.1) is 0 Å². The Balaban J connectivity index is 1.68. The fraction of sp³-hybridized carbons (Fsp3) is 0.250. The smallest absolute Gasteiger partial charge is 0.349 e. The summed E-state index contributed by atoms with van der Waals surface area (Å²) in [4.78, 5) is 24.9. The number of carbonyl (C=O) groups excluding carboxylic acids is 2. The highest BCUT2D eigenvalue weighted by molar-refractivity contribution is 6.01. The lowest BCUT2D eigenvalue weighted by atomic mass is 10.0. The Morgan fingerprint density at radius 2 is 1.86 bits per heavy atom. The SMILES string of the molecule is CCOc1cc(/C=C(\C#N)C(=O)NCc2ccco2)ccc1OC(=O)COc1ccccc1C(C)C. The van der Waals surface area contributed by atoms with Crippen molar-refractivity contribution >= 4 is 18.0 Å². The van der Waals surface area contributed by atoms with Crippen molar-refractivity contribution < 1.29 is 28.2 Å². The molecule has 3 rings (SSSR count). The van der Waals surface area contributed by atoms with Crippen LogP contribution in [0.25, 0.3) is 6.08 Å². The Morgan fingerprint density at radius 3 is 2.56 bits per heavy atom. The average Bonchev–Trinajstić information content (AvgIpc) is 3.40. The van der Waals surface area contributed by atoms with E-state index in [9.17, 15) is 14.9 Å². The van der Waals surface area contributed by atoms with Crippen LogP contribution in [0.4, 0.5) is 0 Å². The molecule has 8 nitrogen and oxygen atoms in total. The van der Waals surface area contributed by atoms with Gasteiger partial charge in [-0.1, -0.05) is 38.1 Å². The summed E-state index contributed by atoms with van der Waals surface area (Å²) in [6.07, 6.45) is 2.93. The molecule has 0 saturated heterocycles. The molecule has 2 aromatic carbocycles. The van der Waals surface area contributed by atoms with Crippen molar-refractivity contribution in [1.29, 1.82) is 5.26 Å². The van der Waals surface area contributed by atoms with Gasteiger partial charge >= 0.3 is 5.97 Å². The number of furan rings is 1. The number of nitriles is 1. The highest BCUT2D eigenvalue weighted by Gasteiger charge is 2.15. The fourth-order valence-electron chi connectivity index (χ4n) is 3.34. The summed E-state index contributed by atoms with van der Waals surface area (Å²) in [5, 5.41) is 12.1. The van der Waals surface area contributed by atoms with Gasteiger partial charge < -0.3 is 23.9 Å². The monoisotopic (exact) mass is 488 g/mol. The van der Waals surface area contributed by atoms with Crippen LogP contribution in [0.1, 0.15) is 43.6 Å². The first-order chi connectivity index (χ1) is 17.4. The first kappa shape index (κ1) is 26.1. The Hall–Kier alpha value is -4.51. The molecule has 1 heterocycles. The van der Waals surface area contributed by atoms with Crippen LogP contribution in [-0.2, 0) is 16.1 Å². The minimum atomic E-state index is -0.590. The highest BCUT2D eigenvalue weighted by atomic mass is 16.6. The molecular formula is C28H28N2O6. The molecule has 0 radical (unpaired) electrons. The number of para-hydroxylation sites is 1. The molecule has 186 valence electrons. The quantitative estimate of drug-likeness (QED) is 0.175. The summed E-state index contributed by atoms with van der Waals surface area (Å²) in [7, 11) is 0. The zero-order valence-corrected chi connectivity index (χ0v) is 20.4. The standard InChI is InChI=1S/C28H28N2O6/c1-4-33-26-15-20(14-21(16-29)28(32)30-17-22-8-7-13-34-22)11-12-25(26)36-27(31)18-35-24-10-6-5-9-23(24)19(2)3/h5-15,19H,4,17-18H2,1-3H3,(H,30,32)/b21-14+. The molecule has 1 aromatic heterocycles. The van der Waals surface area contributed by atoms with E-state index in [4.69, 9.17) is 18.6 Å². The maximum atomic E-state index is 12.5. The molecule has 0 spiro atoms. The van der Waals surface area contributed by atoms with Crippen LogP contribution < -0.4 is 19.5 Å². The van der Waals surface area contributed by atoms with Crippen molar-refractivity contribution in [3.63, 3.8) is 0 Å². The predicted octanol–water partition coefficient (Wildman–Crippen LogP) is 5.01. The van der Waals surface area contributed by atoms with Crippen molar-refractivity contribution in [2.75, 3.05) is 13.2 Å². The van der Waals surface area contributed by atoms with Crippen molar-refractivity contribution in [3.8, 4) is 23.3 Å². The van der Waals surface area contributed by atoms with Crippen LogP contribution >= 0.6 is 0 Å². The third-order valence-electron chi connectivity index (χ3n) is 5.06. The predicted molar refractivity (Wildman–Crippen MR) is 133 cm³/mol. The molecule has 0 aliphatic rings. The minimum absolute atomic E-state index is 0.0917. The van der Waals surface area contributed by atoms with Gasteiger partial charge in [0.1, 0.15) is 23.2 Å². The lowest BCUT2D eigenvalue weighted by Gasteiger charge is -2.14. The van der Waals surface area contributed by atoms with Gasteiger partial charge in [0.25, 0.3) is 5.91 Å². The molecule has 1 N–H and O–H groups in total. The summed E-state index contributed by atoms with van der Waals surface area (Å²) >= 11 is 0. The van der Waals surface area contributed by atoms with Crippen molar-refractivity contribution in [2.24, 2.45) is 0 Å². The molecule has 0 unspecified atom stereocenters. The second-order valence-corrected chi connectivity index (χ2v) is 8.03. The maximum absolute atomic E-state index is 12.5. The zero-order valence-electron chi connectivity index (χ0n) is 20.4. The third kappa shape index (κ3) is 7.24. The first-order valence-electron chi connectivity index (χ1n) is 11.5. The van der Waals surface area contributed by atoms with E-state index in [-0.39, 0.29) is 30.4 Å². The topological polar surface area (TPSA) is 111 Å². The molecule has 0 atom stereocenters. The lowest BCUT2D eigenvalue weighted by Crippen LogP contribution is -2.23. The molecule has 0 aliphatic carbocycles. The molecule has 0 bridgehead atoms. The molecule has 0 fully saturated rings. The van der Waals surface area contributed by atoms with E-state index in [1.54, 1.807) is 37.3 Å². The van der Waals surface area contributed by atoms with Crippen LogP contribution in [0.2, 0.25) is 0 Å². The van der Waals surface area contributed by atoms with Gasteiger partial charge in [0.2, 0.25) is 0 Å². The number of ether oxygens (including phenoxy) is 3. The number of esters is 1. The van der Waals surface area contributed by atoms with E-state index in [0.717, 1.165) is 5.56 Å². The number of nitrogens with zero attached hydrogens (tertiary/aromatic N) is 1. The van der Waals surface area contributed by atoms with E-state index in [1.807, 2.05) is 44.2 Å². The van der Waals surface area contributed by atoms with Gasteiger partial charge in [0, 0.05) is 0 Å². The van der Waals surface area contributed by atoms with Crippen LogP contribution in [0.3, 0.4) is 0 Å². The number of amides is 1. The number of nitrogens with one attached hydrogen (secondary N) is 1. The number of carbonyl (C=O) groups is 2. The highest BCUT2D eigenvalue weighted by Crippen LogP contribution is 2.30. The fourth-order valence-corrected chi connectivity index (χ4v) is 3.34. The van der Waals surface area contributed by atoms with Crippen LogP contribution in [-0.4, -0.2) is 25.1 Å². The molecule has 36 heavy (non-hydrogen) atoms. The normalized spacial score (nSPS) is 11.0. The summed E-state index contributed by atoms with van der Waals surface area (Å²) in [6, 6.07) is 17.6. The van der Waals surface area contributed by atoms with Gasteiger partial charge in [-0.3, -0.25) is 4.79 Å². The average molecular weight is 489 g/mol. The van der Waals surface area contributed by atoms with Crippen molar-refractivity contribution in [3.05, 3.63) is 83.3 Å². The number of hydrogen-bond acceptors (Lipinski definition) is 7. The number of benzene rings is 2. The Kier molecular flexibility index (Phi) is 9.29. The molecular weight excluding hydrogens is 460 g/mol. The van der Waals surface area contributed by atoms with E-state index in [1.165, 1.54) is 12.3 Å². The van der Waals surface area contributed by atoms with Gasteiger partial charge in [-0.05, 0) is 60.4 Å². The van der Waals surface area contributed by atoms with Crippen molar-refractivity contribution in [1.82, 2.24) is 5.32 Å². The second-order valence-electron chi connectivity index (χ2n) is 8.03. The van der Waals surface area contributed by atoms with Gasteiger partial charge in [0.05, 0.1) is 19.4 Å². The van der Waals surface area contributed by atoms with Gasteiger partial charge in [0.15, 0.2) is 18.1 Å². The Bertz CT molecular complexity index is 1260. The minimum Gasteiger partial charge on any atom is -0.490 e. The van der Waals surface area contributed by atoms with Gasteiger partial charge in [-0.2, -0.15) is 5.26 Å². The second kappa shape index (κ2) is 12.8. The number of rotatable bonds is 11. The van der Waals surface area contributed by atoms with Crippen molar-refractivity contribution in [2.45, 2.75) is 33.2 Å². The summed E-state index contributed by atoms with van der Waals surface area (Å²) < 4.78 is 22.0. The lowest BCUT2D eigenvalue weighted by molar-refractivity contribution is -0.136. The molecule has 3 aromatic rings. The Morgan fingerprint density at radius 1 is 1.06 bits per heavy atom. The van der Waals surface area contributed by atoms with E-state index < -0.39 is 11.9 Å². The molecule has 0 aliphatic heterocycles. The Labute approximate surface area is 210 Å². The zero-order chi connectivity index (χ0) is 25.9. The van der Waals surface area contributed by atoms with Crippen LogP contribution in [0.5, 0.6) is 17.2 Å². The third-order valence-corrected chi connectivity index (χ3v) is 5.06. The largest absolute Gasteiger partial charge is 0.490 e.